The average Bonchev–Trinajstić information content (AvgIpc) is 2.95. The van der Waals surface area contributed by atoms with Gasteiger partial charge in [-0.3, -0.25) is 0 Å². The van der Waals surface area contributed by atoms with Gasteiger partial charge < -0.3 is 0 Å². The first-order chi connectivity index (χ1) is 9.82. The number of aryl methyl sites for hydroxylation is 1. The maximum atomic E-state index is 12.5. The summed E-state index contributed by atoms with van der Waals surface area (Å²) >= 11 is 3.36. The number of likely N-dealkylation sites (N-methyl/N-ethyl adjacent to an activating group) is 1. The molecule has 9 heteroatoms. The van der Waals surface area contributed by atoms with Crippen molar-refractivity contribution in [3.63, 3.8) is 0 Å². The molecule has 0 fully saturated rings. The van der Waals surface area contributed by atoms with E-state index in [0.29, 0.717) is 5.82 Å². The number of halogens is 1. The van der Waals surface area contributed by atoms with Gasteiger partial charge in [0.1, 0.15) is 0 Å². The van der Waals surface area contributed by atoms with Gasteiger partial charge in [0.15, 0.2) is 5.82 Å². The summed E-state index contributed by atoms with van der Waals surface area (Å²) in [6.07, 6.45) is 0. The van der Waals surface area contributed by atoms with Crippen LogP contribution in [0.1, 0.15) is 24.2 Å². The molecule has 2 rings (SSSR count). The number of H-pyrrole nitrogens is 1. The maximum absolute atomic E-state index is 12.5. The number of rotatable bonds is 5. The fourth-order valence-corrected chi connectivity index (χ4v) is 3.49. The molecule has 1 atom stereocenters. The molecular weight excluding hydrogens is 358 g/mol. The second-order valence-electron chi connectivity index (χ2n) is 4.87. The Kier molecular flexibility index (Phi) is 4.74. The second kappa shape index (κ2) is 6.20. The van der Waals surface area contributed by atoms with Crippen molar-refractivity contribution in [2.45, 2.75) is 24.7 Å². The van der Waals surface area contributed by atoms with Crippen molar-refractivity contribution in [3.05, 3.63) is 34.1 Å². The number of hydrogen-bond donors (Lipinski definition) is 1. The van der Waals surface area contributed by atoms with E-state index in [1.165, 1.54) is 4.31 Å². The van der Waals surface area contributed by atoms with Crippen molar-refractivity contribution < 1.29 is 8.42 Å². The Balaban J connectivity index is 2.20. The number of aromatic nitrogens is 4. The zero-order valence-corrected chi connectivity index (χ0v) is 14.3. The molecule has 0 unspecified atom stereocenters. The predicted octanol–water partition coefficient (Wildman–Crippen LogP) is 1.69. The quantitative estimate of drug-likeness (QED) is 0.860. The largest absolute Gasteiger partial charge is 0.242 e. The standard InChI is InChI=1S/C12H16BrN5O2S/c1-8-6-10(4-5-11(8)13)21(19,20)18(3)7-9(2)12-14-16-17-15-12/h4-6,9H,7H2,1-3H3,(H,14,15,16,17)/t9-/m0/s1. The molecule has 0 spiro atoms. The molecule has 1 aromatic heterocycles. The Morgan fingerprint density at radius 3 is 2.71 bits per heavy atom. The van der Waals surface area contributed by atoms with Gasteiger partial charge in [0, 0.05) is 24.0 Å². The number of nitrogens with zero attached hydrogens (tertiary/aromatic N) is 4. The number of benzene rings is 1. The van der Waals surface area contributed by atoms with E-state index in [1.54, 1.807) is 25.2 Å². The highest BCUT2D eigenvalue weighted by atomic mass is 79.9. The second-order valence-corrected chi connectivity index (χ2v) is 7.77. The Hall–Kier alpha value is -1.32. The first-order valence-electron chi connectivity index (χ1n) is 6.28. The normalized spacial score (nSPS) is 13.6. The number of hydrogen-bond acceptors (Lipinski definition) is 5. The van der Waals surface area contributed by atoms with E-state index in [1.807, 2.05) is 13.8 Å². The minimum atomic E-state index is -3.54. The zero-order valence-electron chi connectivity index (χ0n) is 11.9. The van der Waals surface area contributed by atoms with Gasteiger partial charge in [-0.15, -0.1) is 10.2 Å². The van der Waals surface area contributed by atoms with Crippen molar-refractivity contribution in [1.29, 1.82) is 0 Å². The van der Waals surface area contributed by atoms with Crippen molar-refractivity contribution in [3.8, 4) is 0 Å². The van der Waals surface area contributed by atoms with E-state index in [-0.39, 0.29) is 17.4 Å². The summed E-state index contributed by atoms with van der Waals surface area (Å²) in [5, 5.41) is 13.6. The zero-order chi connectivity index (χ0) is 15.6. The van der Waals surface area contributed by atoms with Crippen LogP contribution in [0, 0.1) is 6.92 Å². The van der Waals surface area contributed by atoms with Gasteiger partial charge in [0.2, 0.25) is 10.0 Å². The van der Waals surface area contributed by atoms with E-state index < -0.39 is 10.0 Å². The summed E-state index contributed by atoms with van der Waals surface area (Å²) in [4.78, 5) is 0.269. The highest BCUT2D eigenvalue weighted by Crippen LogP contribution is 2.23. The molecule has 114 valence electrons. The van der Waals surface area contributed by atoms with Gasteiger partial charge in [0.25, 0.3) is 0 Å². The van der Waals surface area contributed by atoms with Crippen LogP contribution in [0.5, 0.6) is 0 Å². The third-order valence-corrected chi connectivity index (χ3v) is 5.88. The van der Waals surface area contributed by atoms with E-state index in [4.69, 9.17) is 0 Å². The van der Waals surface area contributed by atoms with E-state index in [0.717, 1.165) is 10.0 Å². The fraction of sp³-hybridized carbons (Fsp3) is 0.417. The fourth-order valence-electron chi connectivity index (χ4n) is 1.90. The van der Waals surface area contributed by atoms with Crippen molar-refractivity contribution in [1.82, 2.24) is 24.9 Å². The van der Waals surface area contributed by atoms with Crippen LogP contribution in [0.3, 0.4) is 0 Å². The summed E-state index contributed by atoms with van der Waals surface area (Å²) in [6.45, 7) is 3.98. The third kappa shape index (κ3) is 3.47. The summed E-state index contributed by atoms with van der Waals surface area (Å²) in [5.41, 5.74) is 0.871. The van der Waals surface area contributed by atoms with Crippen molar-refractivity contribution in [2.24, 2.45) is 0 Å². The molecule has 0 aliphatic heterocycles. The third-order valence-electron chi connectivity index (χ3n) is 3.17. The molecular formula is C12H16BrN5O2S. The monoisotopic (exact) mass is 373 g/mol. The molecule has 0 bridgehead atoms. The molecule has 1 aromatic carbocycles. The molecule has 2 aromatic rings. The number of sulfonamides is 1. The number of tetrazole rings is 1. The lowest BCUT2D eigenvalue weighted by atomic mass is 10.2. The molecule has 0 radical (unpaired) electrons. The van der Waals surface area contributed by atoms with Crippen LogP contribution < -0.4 is 0 Å². The van der Waals surface area contributed by atoms with Crippen LogP contribution in [0.15, 0.2) is 27.6 Å². The molecule has 0 saturated carbocycles. The van der Waals surface area contributed by atoms with Crippen LogP contribution in [0.4, 0.5) is 0 Å². The first-order valence-corrected chi connectivity index (χ1v) is 8.51. The lowest BCUT2D eigenvalue weighted by Gasteiger charge is -2.20. The molecule has 1 heterocycles. The molecule has 21 heavy (non-hydrogen) atoms. The summed E-state index contributed by atoms with van der Waals surface area (Å²) in [5.74, 6) is 0.337. The highest BCUT2D eigenvalue weighted by molar-refractivity contribution is 9.10. The molecule has 0 aliphatic carbocycles. The van der Waals surface area contributed by atoms with Crippen LogP contribution in [-0.4, -0.2) is 46.9 Å². The van der Waals surface area contributed by atoms with Gasteiger partial charge in [-0.25, -0.2) is 12.7 Å². The van der Waals surface area contributed by atoms with E-state index in [9.17, 15) is 8.42 Å². The topological polar surface area (TPSA) is 91.8 Å². The summed E-state index contributed by atoms with van der Waals surface area (Å²) in [6, 6.07) is 4.97. The first kappa shape index (κ1) is 16.1. The molecule has 0 aliphatic rings. The maximum Gasteiger partial charge on any atom is 0.242 e. The Morgan fingerprint density at radius 2 is 2.14 bits per heavy atom. The lowest BCUT2D eigenvalue weighted by molar-refractivity contribution is 0.439. The molecule has 0 saturated heterocycles. The number of nitrogens with one attached hydrogen (secondary N) is 1. The molecule has 7 nitrogen and oxygen atoms in total. The van der Waals surface area contributed by atoms with Gasteiger partial charge in [0.05, 0.1) is 4.90 Å². The average molecular weight is 374 g/mol. The SMILES string of the molecule is Cc1cc(S(=O)(=O)N(C)C[C@H](C)c2nn[nH]n2)ccc1Br. The Labute approximate surface area is 131 Å². The van der Waals surface area contributed by atoms with E-state index >= 15 is 0 Å². The van der Waals surface area contributed by atoms with Crippen LogP contribution in [0.25, 0.3) is 0 Å². The van der Waals surface area contributed by atoms with Crippen molar-refractivity contribution >= 4 is 26.0 Å². The molecule has 1 N–H and O–H groups in total. The van der Waals surface area contributed by atoms with Crippen molar-refractivity contribution in [2.75, 3.05) is 13.6 Å². The van der Waals surface area contributed by atoms with Crippen LogP contribution in [-0.2, 0) is 10.0 Å². The van der Waals surface area contributed by atoms with Crippen LogP contribution >= 0.6 is 15.9 Å². The Bertz CT molecular complexity index is 717. The smallest absolute Gasteiger partial charge is 0.207 e. The van der Waals surface area contributed by atoms with Gasteiger partial charge in [-0.2, -0.15) is 5.21 Å². The number of aromatic amines is 1. The Morgan fingerprint density at radius 1 is 1.43 bits per heavy atom. The lowest BCUT2D eigenvalue weighted by Crippen LogP contribution is -2.30. The summed E-state index contributed by atoms with van der Waals surface area (Å²) < 4.78 is 27.3. The van der Waals surface area contributed by atoms with Gasteiger partial charge in [-0.1, -0.05) is 28.1 Å². The minimum absolute atomic E-state index is 0.153. The van der Waals surface area contributed by atoms with Gasteiger partial charge in [-0.05, 0) is 30.7 Å². The minimum Gasteiger partial charge on any atom is -0.207 e. The predicted molar refractivity (Wildman–Crippen MR) is 81.3 cm³/mol. The van der Waals surface area contributed by atoms with E-state index in [2.05, 4.69) is 36.6 Å². The van der Waals surface area contributed by atoms with Crippen LogP contribution in [0.2, 0.25) is 0 Å². The molecule has 0 amide bonds. The van der Waals surface area contributed by atoms with Gasteiger partial charge >= 0.3 is 0 Å². The summed E-state index contributed by atoms with van der Waals surface area (Å²) in [7, 11) is -1.99. The highest BCUT2D eigenvalue weighted by Gasteiger charge is 2.24.